The van der Waals surface area contributed by atoms with Gasteiger partial charge in [-0.15, -0.1) is 0 Å². The lowest BCUT2D eigenvalue weighted by atomic mass is 9.96. The van der Waals surface area contributed by atoms with Gasteiger partial charge in [0, 0.05) is 26.3 Å². The molecule has 3 nitrogen and oxygen atoms in total. The minimum Gasteiger partial charge on any atom is -0.381 e. The molecule has 0 amide bonds. The number of hydrogen-bond donors (Lipinski definition) is 1. The molecule has 0 spiro atoms. The van der Waals surface area contributed by atoms with Crippen molar-refractivity contribution in [3.63, 3.8) is 0 Å². The second-order valence-corrected chi connectivity index (χ2v) is 4.25. The Balaban J connectivity index is 2.00. The molecule has 1 N–H and O–H groups in total. The summed E-state index contributed by atoms with van der Waals surface area (Å²) in [5.41, 5.74) is 0. The van der Waals surface area contributed by atoms with Gasteiger partial charge < -0.3 is 15.0 Å². The summed E-state index contributed by atoms with van der Waals surface area (Å²) < 4.78 is 5.35. The van der Waals surface area contributed by atoms with Crippen LogP contribution in [0.3, 0.4) is 0 Å². The number of nitrogens with one attached hydrogen (secondary N) is 1. The van der Waals surface area contributed by atoms with Gasteiger partial charge in [-0.25, -0.2) is 0 Å². The molecule has 0 radical (unpaired) electrons. The number of hydrogen-bond acceptors (Lipinski definition) is 3. The Morgan fingerprint density at radius 1 is 1.29 bits per heavy atom. The summed E-state index contributed by atoms with van der Waals surface area (Å²) in [5, 5.41) is 3.17. The van der Waals surface area contributed by atoms with Crippen LogP contribution in [0.2, 0.25) is 0 Å². The summed E-state index contributed by atoms with van der Waals surface area (Å²) in [5.74, 6) is 0.904. The van der Waals surface area contributed by atoms with Crippen molar-refractivity contribution in [1.82, 2.24) is 10.2 Å². The van der Waals surface area contributed by atoms with Crippen molar-refractivity contribution >= 4 is 0 Å². The highest BCUT2D eigenvalue weighted by molar-refractivity contribution is 4.65. The maximum Gasteiger partial charge on any atom is 0.0468 e. The van der Waals surface area contributed by atoms with Crippen molar-refractivity contribution in [2.45, 2.75) is 19.3 Å². The molecule has 84 valence electrons. The van der Waals surface area contributed by atoms with Crippen LogP contribution in [0.5, 0.6) is 0 Å². The molecule has 0 aromatic carbocycles. The van der Waals surface area contributed by atoms with Gasteiger partial charge in [0.2, 0.25) is 0 Å². The van der Waals surface area contributed by atoms with E-state index in [9.17, 15) is 0 Å². The number of likely N-dealkylation sites (N-methyl/N-ethyl adjacent to an activating group) is 2. The van der Waals surface area contributed by atoms with Crippen LogP contribution in [0.4, 0.5) is 0 Å². The molecule has 1 aliphatic rings. The topological polar surface area (TPSA) is 24.5 Å². The molecule has 1 fully saturated rings. The first-order chi connectivity index (χ1) is 6.83. The summed E-state index contributed by atoms with van der Waals surface area (Å²) in [6.45, 7) is 5.42. The maximum absolute atomic E-state index is 5.35. The van der Waals surface area contributed by atoms with Gasteiger partial charge in [0.05, 0.1) is 0 Å². The Labute approximate surface area is 87.8 Å². The van der Waals surface area contributed by atoms with Crippen LogP contribution in [0.1, 0.15) is 19.3 Å². The van der Waals surface area contributed by atoms with Crippen LogP contribution in [0.15, 0.2) is 0 Å². The average molecular weight is 200 g/mol. The van der Waals surface area contributed by atoms with Gasteiger partial charge in [0.1, 0.15) is 0 Å². The van der Waals surface area contributed by atoms with E-state index in [1.54, 1.807) is 0 Å². The first kappa shape index (κ1) is 12.0. The fourth-order valence-electron chi connectivity index (χ4n) is 1.85. The second-order valence-electron chi connectivity index (χ2n) is 4.25. The van der Waals surface area contributed by atoms with Crippen molar-refractivity contribution in [2.24, 2.45) is 5.92 Å². The van der Waals surface area contributed by atoms with Crippen LogP contribution in [-0.4, -0.2) is 51.8 Å². The molecule has 1 heterocycles. The lowest BCUT2D eigenvalue weighted by Crippen LogP contribution is -2.30. The molecule has 0 aliphatic carbocycles. The zero-order valence-corrected chi connectivity index (χ0v) is 9.59. The van der Waals surface area contributed by atoms with Crippen LogP contribution < -0.4 is 5.32 Å². The molecule has 0 unspecified atom stereocenters. The van der Waals surface area contributed by atoms with Gasteiger partial charge >= 0.3 is 0 Å². The summed E-state index contributed by atoms with van der Waals surface area (Å²) >= 11 is 0. The van der Waals surface area contributed by atoms with Crippen LogP contribution in [-0.2, 0) is 4.74 Å². The molecule has 0 aromatic rings. The lowest BCUT2D eigenvalue weighted by molar-refractivity contribution is 0.0611. The molecule has 0 saturated carbocycles. The Hall–Kier alpha value is -0.120. The van der Waals surface area contributed by atoms with E-state index in [4.69, 9.17) is 4.74 Å². The fraction of sp³-hybridized carbons (Fsp3) is 1.00. The monoisotopic (exact) mass is 200 g/mol. The summed E-state index contributed by atoms with van der Waals surface area (Å²) in [6.07, 6.45) is 3.86. The Morgan fingerprint density at radius 3 is 2.64 bits per heavy atom. The molecule has 0 bridgehead atoms. The highest BCUT2D eigenvalue weighted by Gasteiger charge is 2.13. The Bertz CT molecular complexity index is 135. The predicted molar refractivity (Wildman–Crippen MR) is 59.6 cm³/mol. The molecule has 3 heteroatoms. The zero-order chi connectivity index (χ0) is 10.2. The smallest absolute Gasteiger partial charge is 0.0468 e. The highest BCUT2D eigenvalue weighted by Crippen LogP contribution is 2.18. The molecule has 1 saturated heterocycles. The minimum absolute atomic E-state index is 0.904. The van der Waals surface area contributed by atoms with E-state index in [1.165, 1.54) is 25.8 Å². The number of ether oxygens (including phenoxy) is 1. The fourth-order valence-corrected chi connectivity index (χ4v) is 1.85. The molecule has 1 rings (SSSR count). The Kier molecular flexibility index (Phi) is 6.15. The normalized spacial score (nSPS) is 19.1. The maximum atomic E-state index is 5.35. The third kappa shape index (κ3) is 4.94. The zero-order valence-electron chi connectivity index (χ0n) is 9.59. The van der Waals surface area contributed by atoms with Crippen molar-refractivity contribution in [1.29, 1.82) is 0 Å². The van der Waals surface area contributed by atoms with Gasteiger partial charge in [-0.05, 0) is 45.8 Å². The van der Waals surface area contributed by atoms with Crippen LogP contribution in [0.25, 0.3) is 0 Å². The molecule has 1 aliphatic heterocycles. The van der Waals surface area contributed by atoms with Gasteiger partial charge in [0.15, 0.2) is 0 Å². The number of rotatable bonds is 6. The Morgan fingerprint density at radius 2 is 2.00 bits per heavy atom. The SMILES string of the molecule is CNCCN(C)CCC1CCOCC1. The summed E-state index contributed by atoms with van der Waals surface area (Å²) in [6, 6.07) is 0. The first-order valence-electron chi connectivity index (χ1n) is 5.74. The first-order valence-corrected chi connectivity index (χ1v) is 5.74. The quantitative estimate of drug-likeness (QED) is 0.691. The molecule has 14 heavy (non-hydrogen) atoms. The van der Waals surface area contributed by atoms with Crippen molar-refractivity contribution in [3.8, 4) is 0 Å². The number of nitrogens with zero attached hydrogens (tertiary/aromatic N) is 1. The largest absolute Gasteiger partial charge is 0.381 e. The van der Waals surface area contributed by atoms with Crippen molar-refractivity contribution in [2.75, 3.05) is 46.9 Å². The van der Waals surface area contributed by atoms with E-state index >= 15 is 0 Å². The lowest BCUT2D eigenvalue weighted by Gasteiger charge is -2.24. The van der Waals surface area contributed by atoms with Crippen LogP contribution in [0, 0.1) is 5.92 Å². The highest BCUT2D eigenvalue weighted by atomic mass is 16.5. The van der Waals surface area contributed by atoms with E-state index in [1.807, 2.05) is 7.05 Å². The van der Waals surface area contributed by atoms with Crippen LogP contribution >= 0.6 is 0 Å². The van der Waals surface area contributed by atoms with Crippen molar-refractivity contribution in [3.05, 3.63) is 0 Å². The predicted octanol–water partition coefficient (Wildman–Crippen LogP) is 0.954. The summed E-state index contributed by atoms with van der Waals surface area (Å²) in [4.78, 5) is 2.41. The standard InChI is InChI=1S/C11H24N2O/c1-12-6-8-13(2)7-3-11-4-9-14-10-5-11/h11-12H,3-10H2,1-2H3. The molecule has 0 atom stereocenters. The third-order valence-electron chi connectivity index (χ3n) is 3.00. The average Bonchev–Trinajstić information content (AvgIpc) is 2.25. The molecule has 0 aromatic heterocycles. The van der Waals surface area contributed by atoms with Gasteiger partial charge in [0.25, 0.3) is 0 Å². The van der Waals surface area contributed by atoms with E-state index in [0.717, 1.165) is 32.2 Å². The van der Waals surface area contributed by atoms with E-state index in [-0.39, 0.29) is 0 Å². The summed E-state index contributed by atoms with van der Waals surface area (Å²) in [7, 11) is 4.21. The second kappa shape index (κ2) is 7.21. The van der Waals surface area contributed by atoms with Gasteiger partial charge in [-0.1, -0.05) is 0 Å². The van der Waals surface area contributed by atoms with Gasteiger partial charge in [-0.3, -0.25) is 0 Å². The third-order valence-corrected chi connectivity index (χ3v) is 3.00. The van der Waals surface area contributed by atoms with E-state index < -0.39 is 0 Å². The van der Waals surface area contributed by atoms with Crippen molar-refractivity contribution < 1.29 is 4.74 Å². The van der Waals surface area contributed by atoms with E-state index in [0.29, 0.717) is 0 Å². The van der Waals surface area contributed by atoms with E-state index in [2.05, 4.69) is 17.3 Å². The molecular weight excluding hydrogens is 176 g/mol. The minimum atomic E-state index is 0.904. The molecular formula is C11H24N2O. The van der Waals surface area contributed by atoms with Gasteiger partial charge in [-0.2, -0.15) is 0 Å².